The van der Waals surface area contributed by atoms with Crippen LogP contribution in [0.25, 0.3) is 0 Å². The molecular weight excluding hydrogens is 306 g/mol. The van der Waals surface area contributed by atoms with Crippen LogP contribution in [0.4, 0.5) is 5.69 Å². The van der Waals surface area contributed by atoms with E-state index in [1.54, 1.807) is 17.8 Å². The van der Waals surface area contributed by atoms with Crippen molar-refractivity contribution in [3.05, 3.63) is 47.0 Å². The molecular formula is C19H23NO2S. The van der Waals surface area contributed by atoms with E-state index in [4.69, 9.17) is 0 Å². The quantitative estimate of drug-likeness (QED) is 0.806. The van der Waals surface area contributed by atoms with Gasteiger partial charge in [-0.25, -0.2) is 0 Å². The van der Waals surface area contributed by atoms with Gasteiger partial charge in [-0.1, -0.05) is 25.6 Å². The van der Waals surface area contributed by atoms with E-state index in [-0.39, 0.29) is 11.8 Å². The molecule has 0 saturated heterocycles. The average Bonchev–Trinajstić information content (AvgIpc) is 2.43. The summed E-state index contributed by atoms with van der Waals surface area (Å²) in [6.45, 7) is 9.75. The Kier molecular flexibility index (Phi) is 5.37. The van der Waals surface area contributed by atoms with Crippen LogP contribution in [0, 0.1) is 13.8 Å². The minimum absolute atomic E-state index is 0.0655. The maximum atomic E-state index is 11.2. The number of hydrogen-bond donors (Lipinski definition) is 2. The van der Waals surface area contributed by atoms with Gasteiger partial charge in [-0.2, -0.15) is 0 Å². The second kappa shape index (κ2) is 7.09. The largest absolute Gasteiger partial charge is 0.508 e. The first-order valence-electron chi connectivity index (χ1n) is 7.67. The number of amides is 1. The van der Waals surface area contributed by atoms with E-state index < -0.39 is 0 Å². The van der Waals surface area contributed by atoms with Crippen LogP contribution in [0.2, 0.25) is 0 Å². The molecule has 2 aromatic rings. The molecule has 4 heteroatoms. The molecule has 0 radical (unpaired) electrons. The van der Waals surface area contributed by atoms with Crippen molar-refractivity contribution in [2.24, 2.45) is 0 Å². The zero-order valence-electron chi connectivity index (χ0n) is 14.2. The molecule has 0 atom stereocenters. The Balaban J connectivity index is 2.33. The first-order valence-corrected chi connectivity index (χ1v) is 8.49. The van der Waals surface area contributed by atoms with Crippen LogP contribution < -0.4 is 5.32 Å². The first kappa shape index (κ1) is 17.4. The molecule has 0 aromatic heterocycles. The molecule has 0 aliphatic rings. The minimum atomic E-state index is -0.0655. The molecule has 0 unspecified atom stereocenters. The van der Waals surface area contributed by atoms with Crippen LogP contribution in [0.5, 0.6) is 5.75 Å². The summed E-state index contributed by atoms with van der Waals surface area (Å²) >= 11 is 1.68. The number of benzene rings is 2. The molecule has 0 fully saturated rings. The smallest absolute Gasteiger partial charge is 0.221 e. The second-order valence-electron chi connectivity index (χ2n) is 6.10. The standard InChI is InChI=1S/C19H23NO2S/c1-11(2)17-10-16(6-7-18(17)22)23-19-12(3)8-15(9-13(19)4)20-14(5)21/h6-11,22H,1-5H3,(H,20,21). The van der Waals surface area contributed by atoms with Crippen molar-refractivity contribution >= 4 is 23.4 Å². The van der Waals surface area contributed by atoms with Crippen molar-refractivity contribution in [2.75, 3.05) is 5.32 Å². The number of aryl methyl sites for hydroxylation is 2. The van der Waals surface area contributed by atoms with Gasteiger partial charge in [0.05, 0.1) is 0 Å². The molecule has 0 bridgehead atoms. The Morgan fingerprint density at radius 2 is 1.74 bits per heavy atom. The highest BCUT2D eigenvalue weighted by Gasteiger charge is 2.11. The molecule has 0 aliphatic heterocycles. The summed E-state index contributed by atoms with van der Waals surface area (Å²) in [5, 5.41) is 12.8. The SMILES string of the molecule is CC(=O)Nc1cc(C)c(Sc2ccc(O)c(C(C)C)c2)c(C)c1. The first-order chi connectivity index (χ1) is 10.8. The molecule has 0 aliphatic carbocycles. The van der Waals surface area contributed by atoms with E-state index in [9.17, 15) is 9.90 Å². The van der Waals surface area contributed by atoms with Crippen LogP contribution in [0.3, 0.4) is 0 Å². The van der Waals surface area contributed by atoms with Crippen LogP contribution in [0.1, 0.15) is 43.4 Å². The molecule has 0 saturated carbocycles. The number of carbonyl (C=O) groups is 1. The zero-order chi connectivity index (χ0) is 17.1. The Morgan fingerprint density at radius 3 is 2.26 bits per heavy atom. The third-order valence-electron chi connectivity index (χ3n) is 3.62. The lowest BCUT2D eigenvalue weighted by Gasteiger charge is -2.14. The van der Waals surface area contributed by atoms with Crippen LogP contribution in [0.15, 0.2) is 40.1 Å². The van der Waals surface area contributed by atoms with Gasteiger partial charge >= 0.3 is 0 Å². The Labute approximate surface area is 142 Å². The van der Waals surface area contributed by atoms with Crippen molar-refractivity contribution in [1.82, 2.24) is 0 Å². The highest BCUT2D eigenvalue weighted by molar-refractivity contribution is 7.99. The van der Waals surface area contributed by atoms with Crippen molar-refractivity contribution in [3.63, 3.8) is 0 Å². The minimum Gasteiger partial charge on any atom is -0.508 e. The van der Waals surface area contributed by atoms with E-state index in [2.05, 4.69) is 19.2 Å². The monoisotopic (exact) mass is 329 g/mol. The van der Waals surface area contributed by atoms with Crippen LogP contribution in [-0.2, 0) is 4.79 Å². The third-order valence-corrected chi connectivity index (χ3v) is 4.96. The highest BCUT2D eigenvalue weighted by Crippen LogP contribution is 2.37. The van der Waals surface area contributed by atoms with E-state index in [0.29, 0.717) is 5.75 Å². The average molecular weight is 329 g/mol. The maximum absolute atomic E-state index is 11.2. The highest BCUT2D eigenvalue weighted by atomic mass is 32.2. The van der Waals surface area contributed by atoms with Gasteiger partial charge in [-0.15, -0.1) is 0 Å². The van der Waals surface area contributed by atoms with Gasteiger partial charge in [0.25, 0.3) is 0 Å². The Morgan fingerprint density at radius 1 is 1.13 bits per heavy atom. The van der Waals surface area contributed by atoms with Crippen LogP contribution in [-0.4, -0.2) is 11.0 Å². The van der Waals surface area contributed by atoms with E-state index in [1.165, 1.54) is 11.8 Å². The lowest BCUT2D eigenvalue weighted by atomic mass is 10.0. The number of nitrogens with one attached hydrogen (secondary N) is 1. The van der Waals surface area contributed by atoms with Crippen LogP contribution >= 0.6 is 11.8 Å². The fourth-order valence-electron chi connectivity index (χ4n) is 2.56. The molecule has 23 heavy (non-hydrogen) atoms. The fraction of sp³-hybridized carbons (Fsp3) is 0.316. The molecule has 2 N–H and O–H groups in total. The number of hydrogen-bond acceptors (Lipinski definition) is 3. The number of carbonyl (C=O) groups excluding carboxylic acids is 1. The number of anilines is 1. The maximum Gasteiger partial charge on any atom is 0.221 e. The fourth-order valence-corrected chi connectivity index (χ4v) is 3.56. The second-order valence-corrected chi connectivity index (χ2v) is 7.18. The van der Waals surface area contributed by atoms with Crippen molar-refractivity contribution in [3.8, 4) is 5.75 Å². The molecule has 1 amide bonds. The normalized spacial score (nSPS) is 10.9. The van der Waals surface area contributed by atoms with E-state index in [0.717, 1.165) is 27.3 Å². The third kappa shape index (κ3) is 4.29. The van der Waals surface area contributed by atoms with E-state index in [1.807, 2.05) is 38.1 Å². The number of phenols is 1. The van der Waals surface area contributed by atoms with Gasteiger partial charge in [-0.05, 0) is 66.8 Å². The summed E-state index contributed by atoms with van der Waals surface area (Å²) < 4.78 is 0. The Hall–Kier alpha value is -1.94. The molecule has 122 valence electrons. The number of phenolic OH excluding ortho intramolecular Hbond substituents is 1. The van der Waals surface area contributed by atoms with Crippen molar-refractivity contribution < 1.29 is 9.90 Å². The molecule has 2 aromatic carbocycles. The summed E-state index contributed by atoms with van der Waals surface area (Å²) in [5.74, 6) is 0.558. The number of rotatable bonds is 4. The molecule has 2 rings (SSSR count). The van der Waals surface area contributed by atoms with Gasteiger partial charge in [0.1, 0.15) is 5.75 Å². The summed E-state index contributed by atoms with van der Waals surface area (Å²) in [5.41, 5.74) is 4.03. The van der Waals surface area contributed by atoms with Gasteiger partial charge in [0.15, 0.2) is 0 Å². The Bertz CT molecular complexity index is 715. The van der Waals surface area contributed by atoms with E-state index >= 15 is 0 Å². The summed E-state index contributed by atoms with van der Waals surface area (Å²) in [4.78, 5) is 13.5. The molecule has 3 nitrogen and oxygen atoms in total. The summed E-state index contributed by atoms with van der Waals surface area (Å²) in [7, 11) is 0. The van der Waals surface area contributed by atoms with Gasteiger partial charge in [0, 0.05) is 22.4 Å². The lowest BCUT2D eigenvalue weighted by molar-refractivity contribution is -0.114. The van der Waals surface area contributed by atoms with Gasteiger partial charge < -0.3 is 10.4 Å². The summed E-state index contributed by atoms with van der Waals surface area (Å²) in [6.07, 6.45) is 0. The molecule has 0 spiro atoms. The van der Waals surface area contributed by atoms with Crippen molar-refractivity contribution in [2.45, 2.75) is 50.3 Å². The summed E-state index contributed by atoms with van der Waals surface area (Å²) in [6, 6.07) is 9.72. The van der Waals surface area contributed by atoms with Crippen molar-refractivity contribution in [1.29, 1.82) is 0 Å². The topological polar surface area (TPSA) is 49.3 Å². The predicted octanol–water partition coefficient (Wildman–Crippen LogP) is 5.24. The zero-order valence-corrected chi connectivity index (χ0v) is 15.0. The van der Waals surface area contributed by atoms with Gasteiger partial charge in [0.2, 0.25) is 5.91 Å². The lowest BCUT2D eigenvalue weighted by Crippen LogP contribution is -2.06. The molecule has 0 heterocycles. The van der Waals surface area contributed by atoms with Gasteiger partial charge in [-0.3, -0.25) is 4.79 Å². The number of aromatic hydroxyl groups is 1. The predicted molar refractivity (Wildman–Crippen MR) is 96.5 cm³/mol.